The van der Waals surface area contributed by atoms with Gasteiger partial charge in [0.1, 0.15) is 5.75 Å². The average molecular weight is 344 g/mol. The third kappa shape index (κ3) is 5.86. The number of hydrogen-bond acceptors (Lipinski definition) is 1. The van der Waals surface area contributed by atoms with Gasteiger partial charge >= 0.3 is 23.1 Å². The summed E-state index contributed by atoms with van der Waals surface area (Å²) in [6.45, 7) is 7.22. The molecule has 0 aliphatic carbocycles. The van der Waals surface area contributed by atoms with Crippen molar-refractivity contribution in [1.82, 2.24) is 0 Å². The molecule has 0 spiro atoms. The van der Waals surface area contributed by atoms with Crippen molar-refractivity contribution in [3.8, 4) is 5.75 Å². The fraction of sp³-hybridized carbons (Fsp3) is 0.294. The summed E-state index contributed by atoms with van der Waals surface area (Å²) in [6, 6.07) is 19.2. The molecule has 0 saturated carbocycles. The Labute approximate surface area is 148 Å². The summed E-state index contributed by atoms with van der Waals surface area (Å²) in [5.74, 6) is 0.909. The Bertz CT molecular complexity index is 489. The summed E-state index contributed by atoms with van der Waals surface area (Å²) < 4.78 is 5.74. The van der Waals surface area contributed by atoms with Crippen LogP contribution in [-0.4, -0.2) is 23.1 Å². The van der Waals surface area contributed by atoms with E-state index in [2.05, 4.69) is 39.0 Å². The van der Waals surface area contributed by atoms with E-state index in [1.54, 1.807) is 0 Å². The molecule has 0 N–H and O–H groups in total. The summed E-state index contributed by atoms with van der Waals surface area (Å²) >= 11 is 0. The fourth-order valence-electron chi connectivity index (χ4n) is 1.74. The zero-order valence-corrected chi connectivity index (χ0v) is 15.3. The Morgan fingerprint density at radius 3 is 2.20 bits per heavy atom. The van der Waals surface area contributed by atoms with Crippen molar-refractivity contribution < 1.29 is 21.7 Å². The zero-order valence-electron chi connectivity index (χ0n) is 12.3. The molecule has 20 heavy (non-hydrogen) atoms. The van der Waals surface area contributed by atoms with Crippen LogP contribution in [0, 0.1) is 6.07 Å². The molecule has 2 aromatic carbocycles. The molecule has 0 aliphatic heterocycles. The molecule has 3 heteroatoms. The second kappa shape index (κ2) is 8.70. The van der Waals surface area contributed by atoms with Crippen LogP contribution in [0.15, 0.2) is 48.5 Å². The second-order valence-electron chi connectivity index (χ2n) is 5.47. The molecule has 0 radical (unpaired) electrons. The average Bonchev–Trinajstić information content (AvgIpc) is 2.37. The number of rotatable bonds is 3. The molecular formula is C17H19BrMgO. The first-order valence-corrected chi connectivity index (χ1v) is 6.24. The van der Waals surface area contributed by atoms with Crippen molar-refractivity contribution in [2.75, 3.05) is 0 Å². The van der Waals surface area contributed by atoms with Crippen LogP contribution in [0.25, 0.3) is 0 Å². The van der Waals surface area contributed by atoms with E-state index in [0.29, 0.717) is 6.61 Å². The van der Waals surface area contributed by atoms with Gasteiger partial charge in [0.2, 0.25) is 0 Å². The van der Waals surface area contributed by atoms with Gasteiger partial charge in [0, 0.05) is 0 Å². The third-order valence-electron chi connectivity index (χ3n) is 2.90. The minimum atomic E-state index is 0. The van der Waals surface area contributed by atoms with E-state index in [-0.39, 0.29) is 45.4 Å². The van der Waals surface area contributed by atoms with E-state index in [9.17, 15) is 0 Å². The minimum absolute atomic E-state index is 0. The van der Waals surface area contributed by atoms with Gasteiger partial charge in [-0.1, -0.05) is 32.9 Å². The standard InChI is InChI=1S/C17H19O.BrH.Mg/c1-17(2,3)15-9-11-16(12-10-15)18-13-14-7-5-4-6-8-14;;/h4-5,7-12H,13H2,1-3H3;1H;/q-1;;+2/p-1. The van der Waals surface area contributed by atoms with Gasteiger partial charge < -0.3 is 21.7 Å². The molecule has 0 aromatic heterocycles. The smallest absolute Gasteiger partial charge is 1.00 e. The molecule has 0 fully saturated rings. The van der Waals surface area contributed by atoms with Crippen molar-refractivity contribution in [3.63, 3.8) is 0 Å². The predicted octanol–water partition coefficient (Wildman–Crippen LogP) is 0.986. The van der Waals surface area contributed by atoms with E-state index < -0.39 is 0 Å². The number of halogens is 1. The molecule has 2 rings (SSSR count). The molecule has 0 atom stereocenters. The van der Waals surface area contributed by atoms with E-state index >= 15 is 0 Å². The maximum absolute atomic E-state index is 5.74. The second-order valence-corrected chi connectivity index (χ2v) is 5.47. The van der Waals surface area contributed by atoms with Crippen LogP contribution < -0.4 is 21.7 Å². The van der Waals surface area contributed by atoms with Crippen LogP contribution in [0.1, 0.15) is 31.9 Å². The van der Waals surface area contributed by atoms with Gasteiger partial charge in [0.25, 0.3) is 0 Å². The summed E-state index contributed by atoms with van der Waals surface area (Å²) in [5.41, 5.74) is 2.65. The molecule has 1 nitrogen and oxygen atoms in total. The van der Waals surface area contributed by atoms with Gasteiger partial charge in [-0.15, -0.1) is 5.56 Å². The summed E-state index contributed by atoms with van der Waals surface area (Å²) in [7, 11) is 0. The summed E-state index contributed by atoms with van der Waals surface area (Å²) in [5, 5.41) is 0. The van der Waals surface area contributed by atoms with Gasteiger partial charge in [-0.3, -0.25) is 0 Å². The summed E-state index contributed by atoms with van der Waals surface area (Å²) in [4.78, 5) is 0. The zero-order chi connectivity index (χ0) is 13.0. The molecular weight excluding hydrogens is 324 g/mol. The predicted molar refractivity (Wildman–Crippen MR) is 80.5 cm³/mol. The van der Waals surface area contributed by atoms with Gasteiger partial charge in [-0.05, 0) is 23.1 Å². The van der Waals surface area contributed by atoms with Gasteiger partial charge in [-0.25, -0.2) is 0 Å². The molecule has 0 unspecified atom stereocenters. The van der Waals surface area contributed by atoms with Crippen LogP contribution in [0.4, 0.5) is 0 Å². The van der Waals surface area contributed by atoms with E-state index in [4.69, 9.17) is 4.74 Å². The van der Waals surface area contributed by atoms with Gasteiger partial charge in [-0.2, -0.15) is 30.3 Å². The van der Waals surface area contributed by atoms with Gasteiger partial charge in [0.05, 0.1) is 6.61 Å². The number of hydrogen-bond donors (Lipinski definition) is 0. The molecule has 0 aliphatic rings. The van der Waals surface area contributed by atoms with E-state index in [1.807, 2.05) is 36.4 Å². The quantitative estimate of drug-likeness (QED) is 0.596. The van der Waals surface area contributed by atoms with Crippen LogP contribution in [0.3, 0.4) is 0 Å². The first kappa shape index (κ1) is 19.5. The van der Waals surface area contributed by atoms with Crippen molar-refractivity contribution in [2.45, 2.75) is 32.8 Å². The van der Waals surface area contributed by atoms with Crippen LogP contribution in [0.5, 0.6) is 5.75 Å². The monoisotopic (exact) mass is 342 g/mol. The molecule has 0 amide bonds. The Morgan fingerprint density at radius 1 is 1.05 bits per heavy atom. The van der Waals surface area contributed by atoms with Crippen molar-refractivity contribution >= 4 is 23.1 Å². The topological polar surface area (TPSA) is 9.23 Å². The largest absolute Gasteiger partial charge is 2.00 e. The van der Waals surface area contributed by atoms with Gasteiger partial charge in [0.15, 0.2) is 0 Å². The maximum Gasteiger partial charge on any atom is 2.00 e. The molecule has 0 heterocycles. The number of benzene rings is 2. The van der Waals surface area contributed by atoms with Crippen molar-refractivity contribution in [2.24, 2.45) is 0 Å². The molecule has 0 saturated heterocycles. The van der Waals surface area contributed by atoms with E-state index in [0.717, 1.165) is 11.3 Å². The Balaban J connectivity index is 0.00000180. The fourth-order valence-corrected chi connectivity index (χ4v) is 1.74. The molecule has 102 valence electrons. The van der Waals surface area contributed by atoms with Crippen molar-refractivity contribution in [1.29, 1.82) is 0 Å². The van der Waals surface area contributed by atoms with Crippen LogP contribution in [0.2, 0.25) is 0 Å². The maximum atomic E-state index is 5.74. The van der Waals surface area contributed by atoms with Crippen LogP contribution in [-0.2, 0) is 12.0 Å². The van der Waals surface area contributed by atoms with Crippen LogP contribution >= 0.6 is 0 Å². The number of ether oxygens (including phenoxy) is 1. The van der Waals surface area contributed by atoms with E-state index in [1.165, 1.54) is 5.56 Å². The minimum Gasteiger partial charge on any atom is -1.00 e. The third-order valence-corrected chi connectivity index (χ3v) is 2.90. The Hall–Kier alpha value is -0.514. The Kier molecular flexibility index (Phi) is 8.48. The molecule has 2 aromatic rings. The first-order chi connectivity index (χ1) is 8.55. The molecule has 0 bridgehead atoms. The summed E-state index contributed by atoms with van der Waals surface area (Å²) in [6.07, 6.45) is 0. The SMILES string of the molecule is CC(C)(C)c1ccc(OCc2c[c-]ccc2)cc1.[Br-].[Mg+2]. The Morgan fingerprint density at radius 2 is 1.70 bits per heavy atom. The normalized spacial score (nSPS) is 10.2. The van der Waals surface area contributed by atoms with Crippen molar-refractivity contribution in [3.05, 3.63) is 65.7 Å². The first-order valence-electron chi connectivity index (χ1n) is 6.24.